The lowest BCUT2D eigenvalue weighted by molar-refractivity contribution is 0.243. The first kappa shape index (κ1) is 12.4. The lowest BCUT2D eigenvalue weighted by atomic mass is 10.2. The summed E-state index contributed by atoms with van der Waals surface area (Å²) in [4.78, 5) is 0. The van der Waals surface area contributed by atoms with Gasteiger partial charge in [-0.2, -0.15) is 5.26 Å². The molecule has 1 N–H and O–H groups in total. The number of nitriles is 1. The predicted octanol–water partition coefficient (Wildman–Crippen LogP) is 3.05. The summed E-state index contributed by atoms with van der Waals surface area (Å²) in [6, 6.07) is 9.97. The number of nitrogens with one attached hydrogen (secondary N) is 1. The van der Waals surface area contributed by atoms with Crippen LogP contribution in [0.2, 0.25) is 0 Å². The minimum Gasteiger partial charge on any atom is -0.489 e. The number of rotatable bonds is 5. The Morgan fingerprint density at radius 2 is 2.00 bits per heavy atom. The van der Waals surface area contributed by atoms with Crippen LogP contribution in [0.25, 0.3) is 0 Å². The van der Waals surface area contributed by atoms with Crippen LogP contribution in [0.1, 0.15) is 20.8 Å². The SMILES string of the molecule is CC(C#N)CNc1ccccc1OC(C)C. The third kappa shape index (κ3) is 3.82. The molecule has 16 heavy (non-hydrogen) atoms. The van der Waals surface area contributed by atoms with Gasteiger partial charge in [0.1, 0.15) is 5.75 Å². The number of anilines is 1. The summed E-state index contributed by atoms with van der Waals surface area (Å²) in [6.45, 7) is 6.51. The topological polar surface area (TPSA) is 45.0 Å². The first-order valence-electron chi connectivity index (χ1n) is 5.52. The van der Waals surface area contributed by atoms with Gasteiger partial charge in [0.2, 0.25) is 0 Å². The van der Waals surface area contributed by atoms with Gasteiger partial charge in [-0.1, -0.05) is 12.1 Å². The van der Waals surface area contributed by atoms with Gasteiger partial charge in [0.25, 0.3) is 0 Å². The molecule has 0 spiro atoms. The van der Waals surface area contributed by atoms with E-state index in [9.17, 15) is 0 Å². The highest BCUT2D eigenvalue weighted by molar-refractivity contribution is 5.56. The molecule has 0 fully saturated rings. The Kier molecular flexibility index (Phi) is 4.65. The van der Waals surface area contributed by atoms with Gasteiger partial charge < -0.3 is 10.1 Å². The molecular formula is C13H18N2O. The summed E-state index contributed by atoms with van der Waals surface area (Å²) in [6.07, 6.45) is 0.149. The minimum atomic E-state index is -0.00731. The maximum atomic E-state index is 8.71. The molecule has 0 aliphatic carbocycles. The second kappa shape index (κ2) is 6.02. The largest absolute Gasteiger partial charge is 0.489 e. The van der Waals surface area contributed by atoms with Crippen LogP contribution in [0.15, 0.2) is 24.3 Å². The number of ether oxygens (including phenoxy) is 1. The van der Waals surface area contributed by atoms with E-state index in [4.69, 9.17) is 10.00 Å². The van der Waals surface area contributed by atoms with Gasteiger partial charge in [-0.25, -0.2) is 0 Å². The molecule has 1 unspecified atom stereocenters. The summed E-state index contributed by atoms with van der Waals surface area (Å²) in [7, 11) is 0. The standard InChI is InChI=1S/C13H18N2O/c1-10(2)16-13-7-5-4-6-12(13)15-9-11(3)8-14/h4-7,10-11,15H,9H2,1-3H3. The normalized spacial score (nSPS) is 11.9. The number of hydrogen-bond acceptors (Lipinski definition) is 3. The Balaban J connectivity index is 2.68. The van der Waals surface area contributed by atoms with E-state index in [1.54, 1.807) is 0 Å². The maximum absolute atomic E-state index is 8.71. The Bertz CT molecular complexity index is 368. The van der Waals surface area contributed by atoms with Crippen molar-refractivity contribution in [3.8, 4) is 11.8 Å². The second-order valence-corrected chi connectivity index (χ2v) is 4.07. The molecule has 0 radical (unpaired) electrons. The quantitative estimate of drug-likeness (QED) is 0.826. The molecule has 1 aromatic rings. The van der Waals surface area contributed by atoms with Crippen LogP contribution < -0.4 is 10.1 Å². The summed E-state index contributed by atoms with van der Waals surface area (Å²) < 4.78 is 5.67. The van der Waals surface area contributed by atoms with Crippen molar-refractivity contribution < 1.29 is 4.74 Å². The Hall–Kier alpha value is -1.69. The van der Waals surface area contributed by atoms with Gasteiger partial charge in [-0.05, 0) is 32.9 Å². The van der Waals surface area contributed by atoms with Crippen LogP contribution >= 0.6 is 0 Å². The zero-order chi connectivity index (χ0) is 12.0. The summed E-state index contributed by atoms with van der Waals surface area (Å²) in [5.41, 5.74) is 0.943. The zero-order valence-electron chi connectivity index (χ0n) is 10.0. The number of benzene rings is 1. The fourth-order valence-electron chi connectivity index (χ4n) is 1.28. The van der Waals surface area contributed by atoms with Gasteiger partial charge in [-0.15, -0.1) is 0 Å². The van der Waals surface area contributed by atoms with Gasteiger partial charge in [0.05, 0.1) is 23.8 Å². The highest BCUT2D eigenvalue weighted by atomic mass is 16.5. The Morgan fingerprint density at radius 3 is 2.62 bits per heavy atom. The van der Waals surface area contributed by atoms with Gasteiger partial charge >= 0.3 is 0 Å². The van der Waals surface area contributed by atoms with E-state index in [1.807, 2.05) is 45.0 Å². The molecular weight excluding hydrogens is 200 g/mol. The average Bonchev–Trinajstić information content (AvgIpc) is 2.26. The molecule has 1 aromatic carbocycles. The van der Waals surface area contributed by atoms with E-state index in [0.717, 1.165) is 11.4 Å². The molecule has 0 heterocycles. The van der Waals surface area contributed by atoms with Crippen molar-refractivity contribution in [3.05, 3.63) is 24.3 Å². The molecule has 3 heteroatoms. The summed E-state index contributed by atoms with van der Waals surface area (Å²) >= 11 is 0. The van der Waals surface area contributed by atoms with Crippen molar-refractivity contribution >= 4 is 5.69 Å². The monoisotopic (exact) mass is 218 g/mol. The van der Waals surface area contributed by atoms with E-state index in [2.05, 4.69) is 11.4 Å². The third-order valence-corrected chi connectivity index (χ3v) is 2.07. The van der Waals surface area contributed by atoms with E-state index in [0.29, 0.717) is 6.54 Å². The lowest BCUT2D eigenvalue weighted by Gasteiger charge is -2.15. The number of hydrogen-bond donors (Lipinski definition) is 1. The molecule has 0 saturated heterocycles. The number of para-hydroxylation sites is 2. The zero-order valence-corrected chi connectivity index (χ0v) is 10.0. The van der Waals surface area contributed by atoms with Crippen LogP contribution in [0, 0.1) is 17.2 Å². The van der Waals surface area contributed by atoms with Crippen molar-refractivity contribution in [2.24, 2.45) is 5.92 Å². The molecule has 3 nitrogen and oxygen atoms in total. The number of nitrogens with zero attached hydrogens (tertiary/aromatic N) is 1. The van der Waals surface area contributed by atoms with Crippen molar-refractivity contribution in [1.82, 2.24) is 0 Å². The lowest BCUT2D eigenvalue weighted by Crippen LogP contribution is -2.12. The molecule has 0 aliphatic heterocycles. The fraction of sp³-hybridized carbons (Fsp3) is 0.462. The van der Waals surface area contributed by atoms with Crippen LogP contribution in [-0.2, 0) is 0 Å². The first-order chi connectivity index (χ1) is 7.63. The fourth-order valence-corrected chi connectivity index (χ4v) is 1.28. The third-order valence-electron chi connectivity index (χ3n) is 2.07. The first-order valence-corrected chi connectivity index (χ1v) is 5.52. The van der Waals surface area contributed by atoms with Crippen molar-refractivity contribution in [1.29, 1.82) is 5.26 Å². The molecule has 0 aromatic heterocycles. The molecule has 0 bridgehead atoms. The molecule has 0 saturated carbocycles. The highest BCUT2D eigenvalue weighted by Gasteiger charge is 2.05. The van der Waals surface area contributed by atoms with E-state index in [1.165, 1.54) is 0 Å². The van der Waals surface area contributed by atoms with E-state index in [-0.39, 0.29) is 12.0 Å². The van der Waals surface area contributed by atoms with Crippen molar-refractivity contribution in [3.63, 3.8) is 0 Å². The van der Waals surface area contributed by atoms with Gasteiger partial charge in [0, 0.05) is 6.54 Å². The molecule has 1 rings (SSSR count). The smallest absolute Gasteiger partial charge is 0.142 e. The van der Waals surface area contributed by atoms with Crippen LogP contribution in [0.3, 0.4) is 0 Å². The predicted molar refractivity (Wildman–Crippen MR) is 65.5 cm³/mol. The van der Waals surface area contributed by atoms with Crippen molar-refractivity contribution in [2.75, 3.05) is 11.9 Å². The molecule has 1 atom stereocenters. The molecule has 0 amide bonds. The summed E-state index contributed by atoms with van der Waals surface area (Å²) in [5.74, 6) is 0.828. The van der Waals surface area contributed by atoms with Gasteiger partial charge in [0.15, 0.2) is 0 Å². The van der Waals surface area contributed by atoms with Gasteiger partial charge in [-0.3, -0.25) is 0 Å². The molecule has 0 aliphatic rings. The highest BCUT2D eigenvalue weighted by Crippen LogP contribution is 2.24. The van der Waals surface area contributed by atoms with Crippen LogP contribution in [-0.4, -0.2) is 12.6 Å². The second-order valence-electron chi connectivity index (χ2n) is 4.07. The summed E-state index contributed by atoms with van der Waals surface area (Å²) in [5, 5.41) is 11.9. The minimum absolute atomic E-state index is 0.00731. The van der Waals surface area contributed by atoms with E-state index >= 15 is 0 Å². The Labute approximate surface area is 97.0 Å². The maximum Gasteiger partial charge on any atom is 0.142 e. The Morgan fingerprint density at radius 1 is 1.31 bits per heavy atom. The molecule has 86 valence electrons. The van der Waals surface area contributed by atoms with Crippen LogP contribution in [0.5, 0.6) is 5.75 Å². The van der Waals surface area contributed by atoms with Crippen molar-refractivity contribution in [2.45, 2.75) is 26.9 Å². The van der Waals surface area contributed by atoms with E-state index < -0.39 is 0 Å². The average molecular weight is 218 g/mol. The van der Waals surface area contributed by atoms with Crippen LogP contribution in [0.4, 0.5) is 5.69 Å².